The van der Waals surface area contributed by atoms with Gasteiger partial charge in [0.25, 0.3) is 5.56 Å². The Kier molecular flexibility index (Phi) is 7.84. The van der Waals surface area contributed by atoms with Crippen LogP contribution in [0.2, 0.25) is 0 Å². The summed E-state index contributed by atoms with van der Waals surface area (Å²) in [7, 11) is 0. The van der Waals surface area contributed by atoms with Crippen molar-refractivity contribution in [2.45, 2.75) is 24.5 Å². The van der Waals surface area contributed by atoms with E-state index in [1.54, 1.807) is 91.0 Å². The molecule has 1 aliphatic heterocycles. The molecule has 0 spiro atoms. The van der Waals surface area contributed by atoms with Crippen molar-refractivity contribution in [1.29, 1.82) is 0 Å². The Balaban J connectivity index is 1.39. The van der Waals surface area contributed by atoms with Gasteiger partial charge in [-0.2, -0.15) is 4.98 Å². The molecule has 1 fully saturated rings. The van der Waals surface area contributed by atoms with Crippen molar-refractivity contribution in [3.05, 3.63) is 124 Å². The van der Waals surface area contributed by atoms with Gasteiger partial charge in [-0.1, -0.05) is 54.6 Å². The molecule has 0 radical (unpaired) electrons. The first-order chi connectivity index (χ1) is 21.4. The minimum Gasteiger partial charge on any atom is -0.459 e. The fourth-order valence-corrected chi connectivity index (χ4v) is 4.81. The van der Waals surface area contributed by atoms with E-state index >= 15 is 0 Å². The second kappa shape index (κ2) is 12.2. The number of aromatic nitrogens is 4. The van der Waals surface area contributed by atoms with Crippen LogP contribution in [0.4, 0.5) is 5.95 Å². The molecule has 13 nitrogen and oxygen atoms in total. The lowest BCUT2D eigenvalue weighted by Gasteiger charge is -2.25. The third-order valence-electron chi connectivity index (χ3n) is 6.90. The van der Waals surface area contributed by atoms with E-state index in [2.05, 4.69) is 15.0 Å². The summed E-state index contributed by atoms with van der Waals surface area (Å²) in [6.07, 6.45) is -3.66. The van der Waals surface area contributed by atoms with Gasteiger partial charge in [0, 0.05) is 0 Å². The summed E-state index contributed by atoms with van der Waals surface area (Å²) < 4.78 is 25.0. The Morgan fingerprint density at radius 2 is 1.32 bits per heavy atom. The van der Waals surface area contributed by atoms with Gasteiger partial charge in [-0.05, 0) is 36.4 Å². The fraction of sp³-hybridized carbons (Fsp3) is 0.161. The Hall–Kier alpha value is -5.82. The molecule has 5 aromatic rings. The van der Waals surface area contributed by atoms with Crippen LogP contribution in [0.25, 0.3) is 11.2 Å². The largest absolute Gasteiger partial charge is 0.459 e. The van der Waals surface area contributed by atoms with Gasteiger partial charge in [0.1, 0.15) is 12.7 Å². The zero-order valence-electron chi connectivity index (χ0n) is 22.9. The number of anilines is 1. The predicted molar refractivity (Wildman–Crippen MR) is 154 cm³/mol. The van der Waals surface area contributed by atoms with Gasteiger partial charge < -0.3 is 24.7 Å². The molecule has 222 valence electrons. The standard InChI is InChI=1S/C31H25N5O8/c32-31-34-25-22(26(37)35-31)33-17-36(25)27-24(44-30(40)20-14-8-3-9-15-20)23(43-29(39)19-12-6-2-7-13-19)21(42-27)16-41-28(38)18-10-4-1-5-11-18/h1-15,17,21,23-24,27H,16H2,(H3,32,34,35,37)/t21-,23-,24+,27-/m1/s1. The molecule has 1 saturated heterocycles. The molecule has 3 aromatic carbocycles. The molecule has 2 aromatic heterocycles. The number of benzene rings is 3. The lowest BCUT2D eigenvalue weighted by Crippen LogP contribution is -2.41. The number of carbonyl (C=O) groups excluding carboxylic acids is 3. The van der Waals surface area contributed by atoms with Crippen LogP contribution in [0.1, 0.15) is 37.3 Å². The fourth-order valence-electron chi connectivity index (χ4n) is 4.81. The zero-order chi connectivity index (χ0) is 30.6. The summed E-state index contributed by atoms with van der Waals surface area (Å²) in [4.78, 5) is 62.6. The highest BCUT2D eigenvalue weighted by atomic mass is 16.7. The molecule has 13 heteroatoms. The topological polar surface area (TPSA) is 178 Å². The number of hydrogen-bond donors (Lipinski definition) is 2. The highest BCUT2D eigenvalue weighted by Crippen LogP contribution is 2.36. The van der Waals surface area contributed by atoms with E-state index < -0.39 is 48.0 Å². The number of nitrogens with two attached hydrogens (primary N) is 1. The molecule has 6 rings (SSSR count). The van der Waals surface area contributed by atoms with Crippen molar-refractivity contribution in [3.8, 4) is 0 Å². The van der Waals surface area contributed by atoms with Crippen molar-refractivity contribution in [2.75, 3.05) is 12.3 Å². The van der Waals surface area contributed by atoms with E-state index in [0.717, 1.165) is 0 Å². The lowest BCUT2D eigenvalue weighted by molar-refractivity contribution is -0.0606. The first-order valence-corrected chi connectivity index (χ1v) is 13.5. The SMILES string of the molecule is Nc1nc2c(ncn2[C@@H]2O[C@H](COC(=O)c3ccccc3)[C@@H](OC(=O)c3ccccc3)[C@@H]2OC(=O)c2ccccc2)c(=O)[nH]1. The van der Waals surface area contributed by atoms with Gasteiger partial charge in [0.15, 0.2) is 29.6 Å². The minimum absolute atomic E-state index is 0.0343. The molecule has 0 unspecified atom stereocenters. The maximum atomic E-state index is 13.3. The zero-order valence-corrected chi connectivity index (χ0v) is 22.9. The maximum Gasteiger partial charge on any atom is 0.338 e. The van der Waals surface area contributed by atoms with Crippen molar-refractivity contribution in [1.82, 2.24) is 19.5 Å². The molecular formula is C31H25N5O8. The molecule has 44 heavy (non-hydrogen) atoms. The van der Waals surface area contributed by atoms with E-state index in [9.17, 15) is 19.2 Å². The van der Waals surface area contributed by atoms with Crippen LogP contribution in [-0.4, -0.2) is 62.3 Å². The highest BCUT2D eigenvalue weighted by molar-refractivity contribution is 5.91. The number of nitrogen functional groups attached to an aromatic ring is 1. The number of H-pyrrole nitrogens is 1. The minimum atomic E-state index is -1.31. The van der Waals surface area contributed by atoms with Gasteiger partial charge in [0.05, 0.1) is 23.0 Å². The number of ether oxygens (including phenoxy) is 4. The smallest absolute Gasteiger partial charge is 0.338 e. The Bertz CT molecular complexity index is 1860. The quantitative estimate of drug-likeness (QED) is 0.199. The van der Waals surface area contributed by atoms with Crippen LogP contribution in [0.5, 0.6) is 0 Å². The third kappa shape index (κ3) is 5.76. The van der Waals surface area contributed by atoms with Crippen LogP contribution >= 0.6 is 0 Å². The predicted octanol–water partition coefficient (Wildman–Crippen LogP) is 2.91. The van der Waals surface area contributed by atoms with Crippen LogP contribution in [0.3, 0.4) is 0 Å². The third-order valence-corrected chi connectivity index (χ3v) is 6.90. The van der Waals surface area contributed by atoms with Gasteiger partial charge in [0.2, 0.25) is 5.95 Å². The molecule has 0 saturated carbocycles. The Morgan fingerprint density at radius 1 is 0.795 bits per heavy atom. The average Bonchev–Trinajstić information content (AvgIpc) is 3.62. The number of esters is 3. The number of nitrogens with one attached hydrogen (secondary N) is 1. The molecular weight excluding hydrogens is 570 g/mol. The Labute approximate surface area is 249 Å². The number of carbonyl (C=O) groups is 3. The molecule has 0 aliphatic carbocycles. The molecule has 4 atom stereocenters. The average molecular weight is 596 g/mol. The summed E-state index contributed by atoms with van der Waals surface area (Å²) in [5, 5.41) is 0. The lowest BCUT2D eigenvalue weighted by atomic mass is 10.1. The van der Waals surface area contributed by atoms with Crippen molar-refractivity contribution in [3.63, 3.8) is 0 Å². The molecule has 0 bridgehead atoms. The summed E-state index contributed by atoms with van der Waals surface area (Å²) >= 11 is 0. The summed E-state index contributed by atoms with van der Waals surface area (Å²) in [6.45, 7) is -0.376. The molecule has 3 N–H and O–H groups in total. The number of imidazole rings is 1. The van der Waals surface area contributed by atoms with Crippen molar-refractivity contribution >= 4 is 35.0 Å². The number of hydrogen-bond acceptors (Lipinski definition) is 11. The number of aromatic amines is 1. The van der Waals surface area contributed by atoms with E-state index in [1.807, 2.05) is 0 Å². The van der Waals surface area contributed by atoms with Crippen molar-refractivity contribution in [2.24, 2.45) is 0 Å². The van der Waals surface area contributed by atoms with Crippen LogP contribution in [0, 0.1) is 0 Å². The summed E-state index contributed by atoms with van der Waals surface area (Å²) in [5.41, 5.74) is 5.96. The van der Waals surface area contributed by atoms with E-state index in [0.29, 0.717) is 5.56 Å². The number of rotatable bonds is 8. The number of nitrogens with zero attached hydrogens (tertiary/aromatic N) is 3. The number of fused-ring (bicyclic) bond motifs is 1. The second-order valence-corrected chi connectivity index (χ2v) is 9.78. The highest BCUT2D eigenvalue weighted by Gasteiger charge is 2.52. The molecule has 0 amide bonds. The molecule has 1 aliphatic rings. The van der Waals surface area contributed by atoms with Crippen LogP contribution < -0.4 is 11.3 Å². The normalized spacial score (nSPS) is 19.4. The monoisotopic (exact) mass is 595 g/mol. The van der Waals surface area contributed by atoms with Gasteiger partial charge in [-0.15, -0.1) is 0 Å². The maximum absolute atomic E-state index is 13.3. The second-order valence-electron chi connectivity index (χ2n) is 9.78. The van der Waals surface area contributed by atoms with Gasteiger partial charge in [-0.25, -0.2) is 19.4 Å². The molecule has 3 heterocycles. The van der Waals surface area contributed by atoms with Crippen LogP contribution in [-0.2, 0) is 18.9 Å². The first kappa shape index (κ1) is 28.3. The van der Waals surface area contributed by atoms with E-state index in [-0.39, 0.29) is 34.8 Å². The Morgan fingerprint density at radius 3 is 1.89 bits per heavy atom. The van der Waals surface area contributed by atoms with E-state index in [1.165, 1.54) is 10.9 Å². The van der Waals surface area contributed by atoms with E-state index in [4.69, 9.17) is 24.7 Å². The van der Waals surface area contributed by atoms with Crippen molar-refractivity contribution < 1.29 is 33.3 Å². The van der Waals surface area contributed by atoms with Crippen LogP contribution in [0.15, 0.2) is 102 Å². The summed E-state index contributed by atoms with van der Waals surface area (Å²) in [6, 6.07) is 24.7. The van der Waals surface area contributed by atoms with Gasteiger partial charge in [-0.3, -0.25) is 14.3 Å². The van der Waals surface area contributed by atoms with Gasteiger partial charge >= 0.3 is 17.9 Å². The summed E-state index contributed by atoms with van der Waals surface area (Å²) in [5.74, 6) is -2.28. The first-order valence-electron chi connectivity index (χ1n) is 13.5.